The van der Waals surface area contributed by atoms with Gasteiger partial charge in [0.1, 0.15) is 5.92 Å². The number of carbonyl (C=O) groups is 3. The molecule has 0 radical (unpaired) electrons. The SMILES string of the molecule is C=C[C@@]1(C)CC[C@@H]2[C@]3(OC=O)C(=CC(C)[C@@]2(C)C(=O)OC)C=C(OC)OC(=O)[C@H]31. The highest BCUT2D eigenvalue weighted by molar-refractivity contribution is 5.83. The van der Waals surface area contributed by atoms with E-state index in [2.05, 4.69) is 6.58 Å². The third-order valence-electron chi connectivity index (χ3n) is 7.37. The number of hydrogen-bond acceptors (Lipinski definition) is 7. The van der Waals surface area contributed by atoms with Crippen LogP contribution in [0.5, 0.6) is 0 Å². The summed E-state index contributed by atoms with van der Waals surface area (Å²) in [5.41, 5.74) is -2.54. The average Bonchev–Trinajstić information content (AvgIpc) is 2.82. The maximum atomic E-state index is 13.3. The molecule has 1 aliphatic heterocycles. The van der Waals surface area contributed by atoms with Crippen LogP contribution in [0, 0.1) is 28.6 Å². The van der Waals surface area contributed by atoms with E-state index in [4.69, 9.17) is 18.9 Å². The topological polar surface area (TPSA) is 88.1 Å². The molecule has 1 unspecified atom stereocenters. The molecule has 7 nitrogen and oxygen atoms in total. The van der Waals surface area contributed by atoms with E-state index in [1.165, 1.54) is 14.2 Å². The maximum Gasteiger partial charge on any atom is 0.322 e. The lowest BCUT2D eigenvalue weighted by atomic mass is 9.45. The van der Waals surface area contributed by atoms with Crippen LogP contribution in [0.15, 0.2) is 36.3 Å². The van der Waals surface area contributed by atoms with Crippen molar-refractivity contribution in [2.45, 2.75) is 39.2 Å². The zero-order valence-corrected chi connectivity index (χ0v) is 17.5. The zero-order valence-electron chi connectivity index (χ0n) is 17.5. The number of carbonyl (C=O) groups excluding carboxylic acids is 3. The van der Waals surface area contributed by atoms with E-state index in [0.717, 1.165) is 0 Å². The van der Waals surface area contributed by atoms with Crippen LogP contribution in [-0.4, -0.2) is 38.2 Å². The summed E-state index contributed by atoms with van der Waals surface area (Å²) in [7, 11) is 2.74. The summed E-state index contributed by atoms with van der Waals surface area (Å²) in [6.45, 7) is 9.88. The van der Waals surface area contributed by atoms with Gasteiger partial charge in [-0.2, -0.15) is 0 Å². The predicted octanol–water partition coefficient (Wildman–Crippen LogP) is 2.92. The Morgan fingerprint density at radius 2 is 2.03 bits per heavy atom. The lowest BCUT2D eigenvalue weighted by Gasteiger charge is -2.60. The molecule has 0 bridgehead atoms. The molecule has 1 fully saturated rings. The van der Waals surface area contributed by atoms with Crippen LogP contribution in [0.1, 0.15) is 33.6 Å². The maximum absolute atomic E-state index is 13.3. The minimum atomic E-state index is -1.41. The number of hydrogen-bond donors (Lipinski definition) is 0. The molecule has 0 aromatic carbocycles. The van der Waals surface area contributed by atoms with Gasteiger partial charge in [0.2, 0.25) is 0 Å². The molecule has 7 heteroatoms. The minimum absolute atomic E-state index is 0.0172. The fourth-order valence-electron chi connectivity index (χ4n) is 5.59. The van der Waals surface area contributed by atoms with E-state index in [1.54, 1.807) is 12.2 Å². The van der Waals surface area contributed by atoms with Gasteiger partial charge in [-0.15, -0.1) is 6.58 Å². The summed E-state index contributed by atoms with van der Waals surface area (Å²) in [4.78, 5) is 38.0. The molecule has 0 spiro atoms. The average molecular weight is 404 g/mol. The molecule has 2 aliphatic carbocycles. The second-order valence-corrected chi connectivity index (χ2v) is 8.51. The molecule has 0 amide bonds. The number of rotatable bonds is 5. The normalized spacial score (nSPS) is 40.9. The third-order valence-corrected chi connectivity index (χ3v) is 7.37. The van der Waals surface area contributed by atoms with Gasteiger partial charge in [-0.25, -0.2) is 0 Å². The molecule has 1 heterocycles. The van der Waals surface area contributed by atoms with E-state index in [1.807, 2.05) is 26.8 Å². The fourth-order valence-corrected chi connectivity index (χ4v) is 5.59. The quantitative estimate of drug-likeness (QED) is 0.301. The standard InChI is InChI=1S/C22H28O7/c1-7-20(3)9-8-15-21(4,19(25)27-6)13(2)10-14-11-16(26-5)29-18(24)17(20)22(14,15)28-12-23/h7,10-13,15,17H,1,8-9H2,2-6H3/t13?,15-,17-,20-,21+,22+/m0/s1. The van der Waals surface area contributed by atoms with Gasteiger partial charge in [0.15, 0.2) is 5.60 Å². The first-order chi connectivity index (χ1) is 13.6. The van der Waals surface area contributed by atoms with Crippen LogP contribution >= 0.6 is 0 Å². The van der Waals surface area contributed by atoms with Crippen LogP contribution in [0.2, 0.25) is 0 Å². The Hall–Kier alpha value is -2.57. The van der Waals surface area contributed by atoms with Crippen LogP contribution in [0.4, 0.5) is 0 Å². The number of cyclic esters (lactones) is 1. The Balaban J connectivity index is 2.40. The smallest absolute Gasteiger partial charge is 0.322 e. The largest absolute Gasteiger partial charge is 0.469 e. The molecule has 3 rings (SSSR count). The van der Waals surface area contributed by atoms with Gasteiger partial charge < -0.3 is 18.9 Å². The number of allylic oxidation sites excluding steroid dienone is 2. The van der Waals surface area contributed by atoms with Crippen molar-refractivity contribution in [3.63, 3.8) is 0 Å². The van der Waals surface area contributed by atoms with Gasteiger partial charge in [-0.05, 0) is 25.7 Å². The highest BCUT2D eigenvalue weighted by atomic mass is 16.7. The molecule has 3 aliphatic rings. The van der Waals surface area contributed by atoms with Crippen molar-refractivity contribution >= 4 is 18.4 Å². The van der Waals surface area contributed by atoms with Crippen LogP contribution in [0.25, 0.3) is 0 Å². The molecule has 0 saturated heterocycles. The summed E-state index contributed by atoms with van der Waals surface area (Å²) in [6, 6.07) is 0. The summed E-state index contributed by atoms with van der Waals surface area (Å²) in [6.07, 6.45) is 6.23. The van der Waals surface area contributed by atoms with E-state index in [-0.39, 0.29) is 11.9 Å². The van der Waals surface area contributed by atoms with Gasteiger partial charge >= 0.3 is 11.9 Å². The number of esters is 2. The van der Waals surface area contributed by atoms with Crippen molar-refractivity contribution in [1.29, 1.82) is 0 Å². The fraction of sp³-hybridized carbons (Fsp3) is 0.591. The molecule has 158 valence electrons. The van der Waals surface area contributed by atoms with Crippen molar-refractivity contribution in [1.82, 2.24) is 0 Å². The van der Waals surface area contributed by atoms with Crippen molar-refractivity contribution in [2.75, 3.05) is 14.2 Å². The number of methoxy groups -OCH3 is 2. The lowest BCUT2D eigenvalue weighted by molar-refractivity contribution is -0.207. The van der Waals surface area contributed by atoms with Crippen LogP contribution < -0.4 is 0 Å². The molecular weight excluding hydrogens is 376 g/mol. The highest BCUT2D eigenvalue weighted by Gasteiger charge is 2.71. The molecule has 6 atom stereocenters. The van der Waals surface area contributed by atoms with Gasteiger partial charge in [-0.3, -0.25) is 14.4 Å². The first-order valence-electron chi connectivity index (χ1n) is 9.68. The molecular formula is C22H28O7. The molecule has 0 aromatic heterocycles. The highest BCUT2D eigenvalue weighted by Crippen LogP contribution is 2.64. The molecule has 0 aromatic rings. The Labute approximate surface area is 170 Å². The van der Waals surface area contributed by atoms with E-state index in [0.29, 0.717) is 24.9 Å². The first kappa shape index (κ1) is 21.1. The predicted molar refractivity (Wildman–Crippen MR) is 103 cm³/mol. The zero-order chi connectivity index (χ0) is 21.6. The van der Waals surface area contributed by atoms with Crippen molar-refractivity contribution in [3.8, 4) is 0 Å². The Bertz CT molecular complexity index is 812. The summed E-state index contributed by atoms with van der Waals surface area (Å²) in [5, 5.41) is 0. The monoisotopic (exact) mass is 404 g/mol. The summed E-state index contributed by atoms with van der Waals surface area (Å²) >= 11 is 0. The summed E-state index contributed by atoms with van der Waals surface area (Å²) < 4.78 is 21.7. The van der Waals surface area contributed by atoms with Crippen molar-refractivity contribution in [2.24, 2.45) is 28.6 Å². The van der Waals surface area contributed by atoms with Gasteiger partial charge in [0.25, 0.3) is 12.4 Å². The van der Waals surface area contributed by atoms with E-state index < -0.39 is 40.2 Å². The van der Waals surface area contributed by atoms with Crippen molar-refractivity contribution in [3.05, 3.63) is 36.3 Å². The Morgan fingerprint density at radius 1 is 1.34 bits per heavy atom. The van der Waals surface area contributed by atoms with E-state index in [9.17, 15) is 14.4 Å². The van der Waals surface area contributed by atoms with E-state index >= 15 is 0 Å². The third kappa shape index (κ3) is 2.66. The number of ether oxygens (including phenoxy) is 4. The minimum Gasteiger partial charge on any atom is -0.469 e. The molecule has 29 heavy (non-hydrogen) atoms. The Kier molecular flexibility index (Phi) is 5.13. The van der Waals surface area contributed by atoms with Gasteiger partial charge in [-0.1, -0.05) is 26.0 Å². The second kappa shape index (κ2) is 7.04. The first-order valence-corrected chi connectivity index (χ1v) is 9.68. The lowest BCUT2D eigenvalue weighted by Crippen LogP contribution is -2.67. The molecule has 1 saturated carbocycles. The van der Waals surface area contributed by atoms with Gasteiger partial charge in [0.05, 0.1) is 19.6 Å². The van der Waals surface area contributed by atoms with Crippen LogP contribution in [-0.2, 0) is 33.3 Å². The summed E-state index contributed by atoms with van der Waals surface area (Å²) in [5.74, 6) is -2.62. The molecule has 0 N–H and O–H groups in total. The van der Waals surface area contributed by atoms with Crippen LogP contribution in [0.3, 0.4) is 0 Å². The Morgan fingerprint density at radius 3 is 2.59 bits per heavy atom. The van der Waals surface area contributed by atoms with Gasteiger partial charge in [0, 0.05) is 23.0 Å². The second-order valence-electron chi connectivity index (χ2n) is 8.51. The van der Waals surface area contributed by atoms with Crippen molar-refractivity contribution < 1.29 is 33.3 Å².